The molecule has 1 aliphatic rings. The van der Waals surface area contributed by atoms with Crippen molar-refractivity contribution in [2.45, 2.75) is 13.5 Å². The first-order valence-corrected chi connectivity index (χ1v) is 10.3. The predicted molar refractivity (Wildman–Crippen MR) is 123 cm³/mol. The summed E-state index contributed by atoms with van der Waals surface area (Å²) in [7, 11) is 3.52. The molecule has 1 aliphatic heterocycles. The molecule has 0 aliphatic carbocycles. The average Bonchev–Trinajstić information content (AvgIpc) is 3.03. The molecule has 1 N–H and O–H groups in total. The minimum Gasteiger partial charge on any atom is -0.497 e. The molecule has 7 heteroatoms. The summed E-state index contributed by atoms with van der Waals surface area (Å²) in [5.41, 5.74) is 3.57. The number of nitrogens with one attached hydrogen (secondary N) is 1. The van der Waals surface area contributed by atoms with Crippen LogP contribution < -0.4 is 4.74 Å². The van der Waals surface area contributed by atoms with Crippen LogP contribution in [-0.4, -0.2) is 35.0 Å². The summed E-state index contributed by atoms with van der Waals surface area (Å²) in [6, 6.07) is 17.4. The van der Waals surface area contributed by atoms with Gasteiger partial charge >= 0.3 is 0 Å². The number of rotatable bonds is 6. The maximum absolute atomic E-state index is 13.0. The molecule has 0 unspecified atom stereocenters. The smallest absolute Gasteiger partial charge is 0.268 e. The van der Waals surface area contributed by atoms with E-state index in [2.05, 4.69) is 12.6 Å². The molecule has 5 nitrogen and oxygen atoms in total. The highest BCUT2D eigenvalue weighted by Crippen LogP contribution is 2.36. The van der Waals surface area contributed by atoms with E-state index >= 15 is 0 Å². The molecule has 0 aromatic heterocycles. The van der Waals surface area contributed by atoms with Crippen LogP contribution in [0.4, 0.5) is 0 Å². The number of amidine groups is 1. The van der Waals surface area contributed by atoms with Crippen LogP contribution in [-0.2, 0) is 11.3 Å². The average molecular weight is 426 g/mol. The largest absolute Gasteiger partial charge is 0.497 e. The van der Waals surface area contributed by atoms with E-state index in [1.54, 1.807) is 12.5 Å². The zero-order valence-corrected chi connectivity index (χ0v) is 18.3. The van der Waals surface area contributed by atoms with Gasteiger partial charge in [0.05, 0.1) is 24.3 Å². The maximum Gasteiger partial charge on any atom is 0.268 e. The zero-order chi connectivity index (χ0) is 21.0. The fourth-order valence-electron chi connectivity index (χ4n) is 3.00. The van der Waals surface area contributed by atoms with Gasteiger partial charge in [0, 0.05) is 12.7 Å². The second-order valence-electron chi connectivity index (χ2n) is 6.50. The van der Waals surface area contributed by atoms with Crippen LogP contribution >= 0.6 is 24.4 Å². The van der Waals surface area contributed by atoms with E-state index in [1.165, 1.54) is 16.7 Å². The molecule has 0 bridgehead atoms. The van der Waals surface area contributed by atoms with Crippen molar-refractivity contribution in [3.05, 3.63) is 81.7 Å². The third-order valence-corrected chi connectivity index (χ3v) is 6.10. The van der Waals surface area contributed by atoms with E-state index in [4.69, 9.17) is 10.1 Å². The molecule has 0 atom stereocenters. The van der Waals surface area contributed by atoms with Crippen LogP contribution in [0.2, 0.25) is 0 Å². The maximum atomic E-state index is 13.0. The Kier molecular flexibility index (Phi) is 6.71. The first-order valence-electron chi connectivity index (χ1n) is 9.02. The van der Waals surface area contributed by atoms with Crippen molar-refractivity contribution in [1.29, 1.82) is 5.41 Å². The number of thiol groups is 1. The van der Waals surface area contributed by atoms with Crippen LogP contribution in [0.1, 0.15) is 18.1 Å². The van der Waals surface area contributed by atoms with Gasteiger partial charge in [-0.25, -0.2) is 0 Å². The molecule has 3 rings (SSSR count). The van der Waals surface area contributed by atoms with Crippen LogP contribution in [0.3, 0.4) is 0 Å². The van der Waals surface area contributed by atoms with Crippen molar-refractivity contribution in [2.24, 2.45) is 0 Å². The van der Waals surface area contributed by atoms with Crippen molar-refractivity contribution in [1.82, 2.24) is 9.80 Å². The molecular weight excluding hydrogens is 402 g/mol. The van der Waals surface area contributed by atoms with Gasteiger partial charge < -0.3 is 9.64 Å². The molecule has 1 heterocycles. The third kappa shape index (κ3) is 4.52. The van der Waals surface area contributed by atoms with Gasteiger partial charge in [-0.3, -0.25) is 15.1 Å². The minimum absolute atomic E-state index is 0.151. The highest BCUT2D eigenvalue weighted by atomic mass is 32.2. The Bertz CT molecular complexity index is 969. The Morgan fingerprint density at radius 1 is 1.21 bits per heavy atom. The summed E-state index contributed by atoms with van der Waals surface area (Å²) in [5, 5.41) is 10.2. The third-order valence-electron chi connectivity index (χ3n) is 4.77. The van der Waals surface area contributed by atoms with Crippen LogP contribution in [0.25, 0.3) is 5.70 Å². The second-order valence-corrected chi connectivity index (χ2v) is 7.76. The molecule has 0 spiro atoms. The quantitative estimate of drug-likeness (QED) is 0.516. The molecule has 1 saturated heterocycles. The van der Waals surface area contributed by atoms with Crippen molar-refractivity contribution < 1.29 is 9.53 Å². The number of carbonyl (C=O) groups is 1. The highest BCUT2D eigenvalue weighted by molar-refractivity contribution is 8.18. The number of hydrogen-bond donors (Lipinski definition) is 2. The molecule has 2 aromatic carbocycles. The van der Waals surface area contributed by atoms with Crippen LogP contribution in [0, 0.1) is 5.41 Å². The minimum atomic E-state index is -0.151. The number of hydrogen-bond acceptors (Lipinski definition) is 6. The molecule has 150 valence electrons. The fraction of sp³-hybridized carbons (Fsp3) is 0.182. The normalized spacial score (nSPS) is 16.3. The van der Waals surface area contributed by atoms with Crippen molar-refractivity contribution >= 4 is 41.2 Å². The lowest BCUT2D eigenvalue weighted by Gasteiger charge is -2.24. The number of nitrogens with zero attached hydrogens (tertiary/aromatic N) is 2. The molecular formula is C22H23N3O2S2. The summed E-state index contributed by atoms with van der Waals surface area (Å²) in [4.78, 5) is 17.0. The van der Waals surface area contributed by atoms with E-state index in [0.29, 0.717) is 11.4 Å². The number of allylic oxidation sites excluding steroid dienone is 1. The van der Waals surface area contributed by atoms with E-state index in [-0.39, 0.29) is 11.1 Å². The molecule has 0 radical (unpaired) electrons. The van der Waals surface area contributed by atoms with Gasteiger partial charge in [0.2, 0.25) is 0 Å². The van der Waals surface area contributed by atoms with Crippen molar-refractivity contribution in [3.63, 3.8) is 0 Å². The predicted octanol–water partition coefficient (Wildman–Crippen LogP) is 4.80. The molecule has 29 heavy (non-hydrogen) atoms. The Balaban J connectivity index is 1.85. The Labute approximate surface area is 181 Å². The van der Waals surface area contributed by atoms with Gasteiger partial charge in [-0.15, -0.1) is 12.6 Å². The Morgan fingerprint density at radius 2 is 1.86 bits per heavy atom. The lowest BCUT2D eigenvalue weighted by atomic mass is 10.1. The number of thioether (sulfide) groups is 1. The van der Waals surface area contributed by atoms with Gasteiger partial charge in [-0.1, -0.05) is 30.3 Å². The van der Waals surface area contributed by atoms with E-state index in [1.807, 2.05) is 73.5 Å². The van der Waals surface area contributed by atoms with Crippen molar-refractivity contribution in [2.75, 3.05) is 14.2 Å². The van der Waals surface area contributed by atoms with E-state index in [0.717, 1.165) is 28.3 Å². The summed E-state index contributed by atoms with van der Waals surface area (Å²) in [6.45, 7) is 2.28. The van der Waals surface area contributed by atoms with Crippen molar-refractivity contribution in [3.8, 4) is 5.75 Å². The lowest BCUT2D eigenvalue weighted by molar-refractivity contribution is -0.122. The molecule has 1 amide bonds. The summed E-state index contributed by atoms with van der Waals surface area (Å²) in [6.07, 6.45) is 0. The standard InChI is InChI=1S/C22H23N3O2S2/c1-15(24(2)19(14-28)17-9-11-18(27-3)12-10-17)20-21(26)25(22(23)29-20)13-16-7-5-4-6-8-16/h4-12,14,23,28H,13H2,1-3H3/b19-14-,20-15+,23-22?. The monoisotopic (exact) mass is 425 g/mol. The number of benzene rings is 2. The molecule has 1 fully saturated rings. The van der Waals surface area contributed by atoms with Gasteiger partial charge in [-0.05, 0) is 59.5 Å². The van der Waals surface area contributed by atoms with E-state index < -0.39 is 0 Å². The first kappa shape index (κ1) is 21.1. The highest BCUT2D eigenvalue weighted by Gasteiger charge is 2.34. The van der Waals surface area contributed by atoms with Gasteiger partial charge in [0.1, 0.15) is 5.75 Å². The molecule has 2 aromatic rings. The number of carbonyl (C=O) groups excluding carboxylic acids is 1. The Hall–Kier alpha value is -2.64. The molecule has 0 saturated carbocycles. The summed E-state index contributed by atoms with van der Waals surface area (Å²) >= 11 is 5.57. The Morgan fingerprint density at radius 3 is 2.45 bits per heavy atom. The number of ether oxygens (including phenoxy) is 1. The van der Waals surface area contributed by atoms with Gasteiger partial charge in [0.25, 0.3) is 5.91 Å². The summed E-state index contributed by atoms with van der Waals surface area (Å²) < 4.78 is 5.22. The second kappa shape index (κ2) is 9.24. The fourth-order valence-corrected chi connectivity index (χ4v) is 4.25. The van der Waals surface area contributed by atoms with E-state index in [9.17, 15) is 4.79 Å². The lowest BCUT2D eigenvalue weighted by Crippen LogP contribution is -2.28. The number of methoxy groups -OCH3 is 1. The summed E-state index contributed by atoms with van der Waals surface area (Å²) in [5.74, 6) is 0.623. The topological polar surface area (TPSA) is 56.6 Å². The first-order chi connectivity index (χ1) is 14.0. The van der Waals surface area contributed by atoms with Gasteiger partial charge in [0.15, 0.2) is 5.17 Å². The number of amides is 1. The van der Waals surface area contributed by atoms with Crippen LogP contribution in [0.15, 0.2) is 70.6 Å². The van der Waals surface area contributed by atoms with Crippen LogP contribution in [0.5, 0.6) is 5.75 Å². The SMILES string of the molecule is COc1ccc(/C(=C/S)N(C)/C(C)=C2/SC(=N)N(Cc3ccccc3)C2=O)cc1. The zero-order valence-electron chi connectivity index (χ0n) is 16.5. The van der Waals surface area contributed by atoms with Gasteiger partial charge in [-0.2, -0.15) is 0 Å².